The minimum absolute atomic E-state index is 0. The number of carbonyl (C=O) groups is 2. The molecule has 30 heavy (non-hydrogen) atoms. The van der Waals surface area contributed by atoms with E-state index in [1.807, 2.05) is 0 Å². The van der Waals surface area contributed by atoms with Gasteiger partial charge in [0.2, 0.25) is 10.0 Å². The van der Waals surface area contributed by atoms with Gasteiger partial charge in [-0.25, -0.2) is 22.3 Å². The van der Waals surface area contributed by atoms with Crippen molar-refractivity contribution in [3.05, 3.63) is 29.1 Å². The fourth-order valence-electron chi connectivity index (χ4n) is 3.17. The van der Waals surface area contributed by atoms with Crippen LogP contribution in [-0.2, 0) is 14.8 Å². The van der Waals surface area contributed by atoms with E-state index in [4.69, 9.17) is 9.47 Å². The van der Waals surface area contributed by atoms with Crippen LogP contribution >= 0.6 is 0 Å². The second-order valence-electron chi connectivity index (χ2n) is 8.91. The molecule has 1 aromatic carbocycles. The quantitative estimate of drug-likeness (QED) is 0.724. The molecule has 1 saturated heterocycles. The number of nitrogens with one attached hydrogen (secondary N) is 1. The first-order valence-electron chi connectivity index (χ1n) is 9.78. The highest BCUT2D eigenvalue weighted by Crippen LogP contribution is 2.45. The van der Waals surface area contributed by atoms with Crippen LogP contribution in [0.1, 0.15) is 56.9 Å². The van der Waals surface area contributed by atoms with E-state index >= 15 is 0 Å². The Kier molecular flexibility index (Phi) is 5.99. The van der Waals surface area contributed by atoms with E-state index < -0.39 is 27.3 Å². The van der Waals surface area contributed by atoms with Crippen LogP contribution in [0.15, 0.2) is 12.1 Å². The maximum atomic E-state index is 14.5. The maximum absolute atomic E-state index is 14.5. The van der Waals surface area contributed by atoms with Crippen LogP contribution in [0.2, 0.25) is 0 Å². The van der Waals surface area contributed by atoms with Gasteiger partial charge in [-0.05, 0) is 51.2 Å². The Balaban J connectivity index is 0.00000341. The van der Waals surface area contributed by atoms with Gasteiger partial charge in [-0.2, -0.15) is 0 Å². The normalized spacial score (nSPS) is 17.3. The van der Waals surface area contributed by atoms with Gasteiger partial charge in [0.15, 0.2) is 0 Å². The zero-order valence-electron chi connectivity index (χ0n) is 17.5. The Morgan fingerprint density at radius 3 is 2.43 bits per heavy atom. The van der Waals surface area contributed by atoms with Crippen molar-refractivity contribution in [2.45, 2.75) is 45.1 Å². The fraction of sp³-hybridized carbons (Fsp3) is 0.600. The van der Waals surface area contributed by atoms with Gasteiger partial charge in [0, 0.05) is 26.5 Å². The van der Waals surface area contributed by atoms with Crippen molar-refractivity contribution < 1.29 is 33.3 Å². The first-order chi connectivity index (χ1) is 13.8. The van der Waals surface area contributed by atoms with Crippen LogP contribution in [0, 0.1) is 11.7 Å². The Morgan fingerprint density at radius 1 is 1.27 bits per heavy atom. The SMILES string of the molecule is CC(C)(C)OC(=O)N1CC(COc2cc(F)c(C(=O)NS(C)(=O)=O)cc2C2CC2)C1.[HH]. The molecule has 1 heterocycles. The zero-order chi connectivity index (χ0) is 22.3. The minimum Gasteiger partial charge on any atom is -0.493 e. The first kappa shape index (κ1) is 22.3. The summed E-state index contributed by atoms with van der Waals surface area (Å²) in [5.74, 6) is -1.25. The minimum atomic E-state index is -3.80. The Bertz CT molecular complexity index is 953. The molecule has 1 aliphatic heterocycles. The van der Waals surface area contributed by atoms with Crippen molar-refractivity contribution in [1.82, 2.24) is 9.62 Å². The fourth-order valence-corrected chi connectivity index (χ4v) is 3.61. The molecule has 1 aliphatic carbocycles. The van der Waals surface area contributed by atoms with E-state index in [0.29, 0.717) is 31.0 Å². The number of nitrogens with zero attached hydrogens (tertiary/aromatic N) is 1. The van der Waals surface area contributed by atoms with E-state index in [1.165, 1.54) is 6.07 Å². The van der Waals surface area contributed by atoms with Gasteiger partial charge in [-0.1, -0.05) is 0 Å². The van der Waals surface area contributed by atoms with E-state index in [-0.39, 0.29) is 24.9 Å². The third-order valence-electron chi connectivity index (χ3n) is 4.72. The molecule has 2 fully saturated rings. The second kappa shape index (κ2) is 8.05. The molecule has 0 aromatic heterocycles. The molecule has 1 aromatic rings. The van der Waals surface area contributed by atoms with Crippen LogP contribution < -0.4 is 9.46 Å². The Morgan fingerprint density at radius 2 is 1.90 bits per heavy atom. The molecule has 3 rings (SSSR count). The number of sulfonamides is 1. The number of amides is 2. The standard InChI is InChI=1S/C20H27FN2O6S.H2/c1-20(2,3)29-19(25)23-9-12(10-23)11-28-17-8-16(21)15(7-14(17)13-5-6-13)18(24)22-30(4,26)27;/h7-8,12-13H,5-6,9-11H2,1-4H3,(H,22,24);1H. The number of ether oxygens (including phenoxy) is 2. The number of carbonyl (C=O) groups excluding carboxylic acids is 2. The molecule has 2 amide bonds. The van der Waals surface area contributed by atoms with E-state index in [2.05, 4.69) is 0 Å². The number of hydrogen-bond donors (Lipinski definition) is 1. The summed E-state index contributed by atoms with van der Waals surface area (Å²) >= 11 is 0. The molecule has 0 atom stereocenters. The van der Waals surface area contributed by atoms with Gasteiger partial charge >= 0.3 is 6.09 Å². The molecule has 0 spiro atoms. The van der Waals surface area contributed by atoms with Crippen molar-refractivity contribution in [3.63, 3.8) is 0 Å². The number of likely N-dealkylation sites (tertiary alicyclic amines) is 1. The lowest BCUT2D eigenvalue weighted by Gasteiger charge is -2.39. The molecule has 8 nitrogen and oxygen atoms in total. The largest absolute Gasteiger partial charge is 0.493 e. The molecular formula is C20H29FN2O6S. The van der Waals surface area contributed by atoms with Crippen molar-refractivity contribution in [3.8, 4) is 5.75 Å². The number of rotatable bonds is 6. The van der Waals surface area contributed by atoms with Gasteiger partial charge in [-0.3, -0.25) is 4.79 Å². The van der Waals surface area contributed by atoms with Gasteiger partial charge in [-0.15, -0.1) is 0 Å². The summed E-state index contributed by atoms with van der Waals surface area (Å²) in [6, 6.07) is 2.51. The lowest BCUT2D eigenvalue weighted by Crippen LogP contribution is -2.53. The average Bonchev–Trinajstić information content (AvgIpc) is 3.34. The summed E-state index contributed by atoms with van der Waals surface area (Å²) in [7, 11) is -3.80. The Labute approximate surface area is 177 Å². The summed E-state index contributed by atoms with van der Waals surface area (Å²) in [5.41, 5.74) is -0.187. The monoisotopic (exact) mass is 444 g/mol. The van der Waals surface area contributed by atoms with E-state index in [9.17, 15) is 22.4 Å². The summed E-state index contributed by atoms with van der Waals surface area (Å²) in [5, 5.41) is 0. The van der Waals surface area contributed by atoms with Gasteiger partial charge in [0.05, 0.1) is 18.4 Å². The zero-order valence-corrected chi connectivity index (χ0v) is 18.3. The molecule has 168 valence electrons. The van der Waals surface area contributed by atoms with Crippen molar-refractivity contribution in [2.24, 2.45) is 5.92 Å². The molecule has 0 bridgehead atoms. The topological polar surface area (TPSA) is 102 Å². The summed E-state index contributed by atoms with van der Waals surface area (Å²) in [4.78, 5) is 25.7. The molecule has 10 heteroatoms. The molecule has 1 saturated carbocycles. The number of hydrogen-bond acceptors (Lipinski definition) is 6. The third kappa shape index (κ3) is 5.84. The van der Waals surface area contributed by atoms with Crippen molar-refractivity contribution >= 4 is 22.0 Å². The molecule has 0 radical (unpaired) electrons. The van der Waals surface area contributed by atoms with Crippen molar-refractivity contribution in [2.75, 3.05) is 26.0 Å². The van der Waals surface area contributed by atoms with Crippen LogP contribution in [0.5, 0.6) is 5.75 Å². The number of benzene rings is 1. The van der Waals surface area contributed by atoms with Gasteiger partial charge in [0.1, 0.15) is 17.2 Å². The summed E-state index contributed by atoms with van der Waals surface area (Å²) < 4.78 is 50.0. The number of halogens is 1. The molecule has 2 aliphatic rings. The lowest BCUT2D eigenvalue weighted by molar-refractivity contribution is -0.00788. The van der Waals surface area contributed by atoms with Crippen LogP contribution in [0.25, 0.3) is 0 Å². The van der Waals surface area contributed by atoms with Crippen LogP contribution in [-0.4, -0.2) is 56.9 Å². The predicted octanol–water partition coefficient (Wildman–Crippen LogP) is 2.88. The molecular weight excluding hydrogens is 415 g/mol. The maximum Gasteiger partial charge on any atom is 0.410 e. The predicted molar refractivity (Wildman–Crippen MR) is 110 cm³/mol. The van der Waals surface area contributed by atoms with Gasteiger partial charge < -0.3 is 14.4 Å². The first-order valence-corrected chi connectivity index (χ1v) is 11.7. The third-order valence-corrected chi connectivity index (χ3v) is 5.28. The summed E-state index contributed by atoms with van der Waals surface area (Å²) in [6.45, 7) is 6.70. The van der Waals surface area contributed by atoms with Crippen LogP contribution in [0.3, 0.4) is 0 Å². The Hall–Kier alpha value is -2.36. The van der Waals surface area contributed by atoms with Crippen molar-refractivity contribution in [1.29, 1.82) is 0 Å². The van der Waals surface area contributed by atoms with Crippen LogP contribution in [0.4, 0.5) is 9.18 Å². The van der Waals surface area contributed by atoms with E-state index in [0.717, 1.165) is 25.2 Å². The highest BCUT2D eigenvalue weighted by Gasteiger charge is 2.35. The smallest absolute Gasteiger partial charge is 0.410 e. The van der Waals surface area contributed by atoms with Gasteiger partial charge in [0.25, 0.3) is 5.91 Å². The lowest BCUT2D eigenvalue weighted by atomic mass is 10.0. The molecule has 0 unspecified atom stereocenters. The average molecular weight is 445 g/mol. The molecule has 1 N–H and O–H groups in total. The highest BCUT2D eigenvalue weighted by atomic mass is 32.2. The highest BCUT2D eigenvalue weighted by molar-refractivity contribution is 7.89. The summed E-state index contributed by atoms with van der Waals surface area (Å²) in [6.07, 6.45) is 2.25. The second-order valence-corrected chi connectivity index (χ2v) is 10.7. The van der Waals surface area contributed by atoms with E-state index in [1.54, 1.807) is 30.4 Å².